The predicted molar refractivity (Wildman–Crippen MR) is 80.1 cm³/mol. The summed E-state index contributed by atoms with van der Waals surface area (Å²) < 4.78 is 5.19. The summed E-state index contributed by atoms with van der Waals surface area (Å²) in [5, 5.41) is 9.84. The third kappa shape index (κ3) is 8.10. The zero-order valence-electron chi connectivity index (χ0n) is 12.4. The molecule has 0 aliphatic heterocycles. The summed E-state index contributed by atoms with van der Waals surface area (Å²) in [6, 6.07) is 3.68. The van der Waals surface area contributed by atoms with Gasteiger partial charge in [-0.25, -0.2) is 0 Å². The van der Waals surface area contributed by atoms with Gasteiger partial charge in [-0.05, 0) is 18.6 Å². The molecule has 1 heterocycles. The van der Waals surface area contributed by atoms with Gasteiger partial charge in [0.2, 0.25) is 0 Å². The fourth-order valence-corrected chi connectivity index (χ4v) is 2.45. The molecule has 1 rings (SSSR count). The van der Waals surface area contributed by atoms with Crippen molar-refractivity contribution in [3.8, 4) is 0 Å². The fraction of sp³-hybridized carbons (Fsp3) is 0.765. The van der Waals surface area contributed by atoms with Crippen LogP contribution >= 0.6 is 0 Å². The lowest BCUT2D eigenvalue weighted by molar-refractivity contribution is 0.136. The van der Waals surface area contributed by atoms with Crippen molar-refractivity contribution in [2.75, 3.05) is 0 Å². The maximum absolute atomic E-state index is 9.84. The first-order chi connectivity index (χ1) is 9.34. The fourth-order valence-electron chi connectivity index (χ4n) is 2.45. The number of unbranched alkanes of at least 4 members (excludes halogenated alkanes) is 9. The first-order valence-corrected chi connectivity index (χ1v) is 8.06. The molecule has 0 bridgehead atoms. The van der Waals surface area contributed by atoms with Crippen LogP contribution in [0.3, 0.4) is 0 Å². The van der Waals surface area contributed by atoms with E-state index in [4.69, 9.17) is 4.42 Å². The van der Waals surface area contributed by atoms with E-state index in [0.29, 0.717) is 5.76 Å². The molecular weight excluding hydrogens is 236 g/mol. The van der Waals surface area contributed by atoms with Crippen molar-refractivity contribution in [2.45, 2.75) is 83.7 Å². The second-order valence-electron chi connectivity index (χ2n) is 5.50. The number of hydrogen-bond donors (Lipinski definition) is 1. The minimum Gasteiger partial charge on any atom is -0.467 e. The van der Waals surface area contributed by atoms with Gasteiger partial charge in [0.1, 0.15) is 11.9 Å². The second kappa shape index (κ2) is 11.1. The van der Waals surface area contributed by atoms with E-state index >= 15 is 0 Å². The van der Waals surface area contributed by atoms with Gasteiger partial charge in [-0.15, -0.1) is 0 Å². The molecule has 0 unspecified atom stereocenters. The van der Waals surface area contributed by atoms with Gasteiger partial charge in [0.25, 0.3) is 0 Å². The third-order valence-corrected chi connectivity index (χ3v) is 3.70. The lowest BCUT2D eigenvalue weighted by Crippen LogP contribution is -1.95. The van der Waals surface area contributed by atoms with Crippen LogP contribution in [0.1, 0.15) is 89.4 Å². The lowest BCUT2D eigenvalue weighted by atomic mass is 10.0. The molecule has 0 saturated heterocycles. The van der Waals surface area contributed by atoms with Gasteiger partial charge in [-0.1, -0.05) is 71.1 Å². The molecule has 0 spiro atoms. The molecule has 1 aromatic rings. The van der Waals surface area contributed by atoms with Gasteiger partial charge in [0, 0.05) is 0 Å². The zero-order valence-corrected chi connectivity index (χ0v) is 12.4. The average Bonchev–Trinajstić information content (AvgIpc) is 2.95. The molecule has 2 heteroatoms. The quantitative estimate of drug-likeness (QED) is 0.498. The molecular formula is C17H30O2. The summed E-state index contributed by atoms with van der Waals surface area (Å²) in [5.41, 5.74) is 0. The summed E-state index contributed by atoms with van der Waals surface area (Å²) in [7, 11) is 0. The molecule has 19 heavy (non-hydrogen) atoms. The highest BCUT2D eigenvalue weighted by molar-refractivity contribution is 5.01. The Morgan fingerprint density at radius 3 is 2.05 bits per heavy atom. The Hall–Kier alpha value is -0.760. The Kier molecular flexibility index (Phi) is 9.52. The summed E-state index contributed by atoms with van der Waals surface area (Å²) >= 11 is 0. The Morgan fingerprint density at radius 1 is 0.947 bits per heavy atom. The van der Waals surface area contributed by atoms with Crippen molar-refractivity contribution in [2.24, 2.45) is 0 Å². The second-order valence-corrected chi connectivity index (χ2v) is 5.50. The number of aliphatic hydroxyl groups excluding tert-OH is 1. The summed E-state index contributed by atoms with van der Waals surface area (Å²) in [6.45, 7) is 2.26. The molecule has 1 atom stereocenters. The van der Waals surface area contributed by atoms with E-state index in [9.17, 15) is 5.11 Å². The number of rotatable bonds is 12. The summed E-state index contributed by atoms with van der Waals surface area (Å²) in [5.74, 6) is 0.705. The van der Waals surface area contributed by atoms with E-state index in [1.165, 1.54) is 57.8 Å². The molecule has 0 aliphatic carbocycles. The van der Waals surface area contributed by atoms with Gasteiger partial charge < -0.3 is 9.52 Å². The van der Waals surface area contributed by atoms with E-state index in [2.05, 4.69) is 6.92 Å². The molecule has 1 aromatic heterocycles. The standard InChI is InChI=1S/C17H30O2/c1-2-3-4-5-6-7-8-9-10-11-13-16(18)17-14-12-15-19-17/h12,14-16,18H,2-11,13H2,1H3/t16-/m0/s1. The third-order valence-electron chi connectivity index (χ3n) is 3.70. The molecule has 0 fully saturated rings. The van der Waals surface area contributed by atoms with E-state index in [1.54, 1.807) is 6.26 Å². The van der Waals surface area contributed by atoms with E-state index < -0.39 is 6.10 Å². The molecule has 1 N–H and O–H groups in total. The van der Waals surface area contributed by atoms with Crippen LogP contribution in [-0.2, 0) is 0 Å². The topological polar surface area (TPSA) is 33.4 Å². The lowest BCUT2D eigenvalue weighted by Gasteiger charge is -2.07. The molecule has 2 nitrogen and oxygen atoms in total. The van der Waals surface area contributed by atoms with Crippen LogP contribution in [-0.4, -0.2) is 5.11 Å². The molecule has 0 aliphatic rings. The molecule has 0 aromatic carbocycles. The van der Waals surface area contributed by atoms with Gasteiger partial charge in [0.15, 0.2) is 0 Å². The van der Waals surface area contributed by atoms with Crippen molar-refractivity contribution in [1.82, 2.24) is 0 Å². The largest absolute Gasteiger partial charge is 0.467 e. The maximum atomic E-state index is 9.84. The normalized spacial score (nSPS) is 12.7. The Labute approximate surface area is 118 Å². The van der Waals surface area contributed by atoms with Crippen LogP contribution < -0.4 is 0 Å². The molecule has 110 valence electrons. The molecule has 0 radical (unpaired) electrons. The van der Waals surface area contributed by atoms with E-state index in [-0.39, 0.29) is 0 Å². The number of aliphatic hydroxyl groups is 1. The molecule has 0 amide bonds. The first kappa shape index (κ1) is 16.3. The van der Waals surface area contributed by atoms with Crippen molar-refractivity contribution >= 4 is 0 Å². The maximum Gasteiger partial charge on any atom is 0.132 e. The predicted octanol–water partition coefficient (Wildman–Crippen LogP) is 5.62. The Morgan fingerprint density at radius 2 is 1.53 bits per heavy atom. The highest BCUT2D eigenvalue weighted by Crippen LogP contribution is 2.20. The minimum absolute atomic E-state index is 0.413. The first-order valence-electron chi connectivity index (χ1n) is 8.06. The van der Waals surface area contributed by atoms with Crippen LogP contribution in [0.4, 0.5) is 0 Å². The summed E-state index contributed by atoms with van der Waals surface area (Å²) in [6.07, 6.45) is 15.3. The summed E-state index contributed by atoms with van der Waals surface area (Å²) in [4.78, 5) is 0. The van der Waals surface area contributed by atoms with Gasteiger partial charge in [-0.2, -0.15) is 0 Å². The highest BCUT2D eigenvalue weighted by atomic mass is 16.4. The van der Waals surface area contributed by atoms with Crippen molar-refractivity contribution in [3.05, 3.63) is 24.2 Å². The van der Waals surface area contributed by atoms with Crippen molar-refractivity contribution in [1.29, 1.82) is 0 Å². The molecule has 0 saturated carbocycles. The van der Waals surface area contributed by atoms with E-state index in [1.807, 2.05) is 12.1 Å². The van der Waals surface area contributed by atoms with Crippen molar-refractivity contribution in [3.63, 3.8) is 0 Å². The van der Waals surface area contributed by atoms with Gasteiger partial charge in [-0.3, -0.25) is 0 Å². The number of hydrogen-bond acceptors (Lipinski definition) is 2. The Bertz CT molecular complexity index is 279. The van der Waals surface area contributed by atoms with Gasteiger partial charge >= 0.3 is 0 Å². The SMILES string of the molecule is CCCCCCCCCCCC[C@H](O)c1ccco1. The average molecular weight is 266 g/mol. The highest BCUT2D eigenvalue weighted by Gasteiger charge is 2.08. The van der Waals surface area contributed by atoms with Crippen LogP contribution in [0, 0.1) is 0 Å². The number of furan rings is 1. The van der Waals surface area contributed by atoms with Crippen LogP contribution in [0.2, 0.25) is 0 Å². The van der Waals surface area contributed by atoms with Crippen molar-refractivity contribution < 1.29 is 9.52 Å². The smallest absolute Gasteiger partial charge is 0.132 e. The minimum atomic E-state index is -0.413. The Balaban J connectivity index is 1.83. The van der Waals surface area contributed by atoms with Crippen LogP contribution in [0.5, 0.6) is 0 Å². The van der Waals surface area contributed by atoms with E-state index in [0.717, 1.165) is 12.8 Å². The monoisotopic (exact) mass is 266 g/mol. The van der Waals surface area contributed by atoms with Crippen LogP contribution in [0.15, 0.2) is 22.8 Å². The zero-order chi connectivity index (χ0) is 13.8. The van der Waals surface area contributed by atoms with Crippen LogP contribution in [0.25, 0.3) is 0 Å². The van der Waals surface area contributed by atoms with Gasteiger partial charge in [0.05, 0.1) is 6.26 Å².